The molecular formula is C14H12BrN5O6S3. The van der Waals surface area contributed by atoms with Crippen LogP contribution in [0.3, 0.4) is 0 Å². The molecule has 2 atom stereocenters. The quantitative estimate of drug-likeness (QED) is 0.0816. The van der Waals surface area contributed by atoms with Gasteiger partial charge < -0.3 is 15.6 Å². The van der Waals surface area contributed by atoms with Crippen molar-refractivity contribution in [2.75, 3.05) is 16.8 Å². The van der Waals surface area contributed by atoms with E-state index in [1.807, 2.05) is 0 Å². The van der Waals surface area contributed by atoms with Gasteiger partial charge >= 0.3 is 5.97 Å². The van der Waals surface area contributed by atoms with E-state index in [1.165, 1.54) is 41.4 Å². The lowest BCUT2D eigenvalue weighted by atomic mass is 10.0. The van der Waals surface area contributed by atoms with Crippen LogP contribution in [0.5, 0.6) is 0 Å². The van der Waals surface area contributed by atoms with Crippen LogP contribution in [0.2, 0.25) is 0 Å². The van der Waals surface area contributed by atoms with Crippen LogP contribution in [0.15, 0.2) is 27.1 Å². The fourth-order valence-electron chi connectivity index (χ4n) is 2.67. The Labute approximate surface area is 184 Å². The van der Waals surface area contributed by atoms with Crippen molar-refractivity contribution in [1.29, 1.82) is 0 Å². The zero-order valence-corrected chi connectivity index (χ0v) is 18.3. The van der Waals surface area contributed by atoms with E-state index in [9.17, 15) is 24.3 Å². The molecule has 1 unspecified atom stereocenters. The molecule has 0 aromatic carbocycles. The number of nitrogens with zero attached hydrogens (tertiary/aromatic N) is 4. The van der Waals surface area contributed by atoms with E-state index < -0.39 is 40.7 Å². The van der Waals surface area contributed by atoms with Crippen LogP contribution in [0, 0.1) is 0 Å². The number of carbonyl (C=O) groups is 4. The monoisotopic (exact) mass is 521 g/mol. The van der Waals surface area contributed by atoms with Crippen LogP contribution in [0.1, 0.15) is 0 Å². The fraction of sp³-hybridized carbons (Fsp3) is 0.357. The van der Waals surface area contributed by atoms with Gasteiger partial charge in [-0.3, -0.25) is 19.3 Å². The Morgan fingerprint density at radius 2 is 2.21 bits per heavy atom. The summed E-state index contributed by atoms with van der Waals surface area (Å²) in [6.45, 7) is 0. The number of fused-ring (bicyclic) bond motifs is 1. The van der Waals surface area contributed by atoms with Crippen molar-refractivity contribution in [3.63, 3.8) is 0 Å². The average molecular weight is 522 g/mol. The number of alkyl halides is 1. The van der Waals surface area contributed by atoms with Gasteiger partial charge in [0, 0.05) is 11.5 Å². The third-order valence-corrected chi connectivity index (χ3v) is 7.68. The number of β-lactam (4-membered cyclic amide) rings is 1. The number of carbonyl (C=O) groups excluding carboxylic acids is 3. The number of nitrogens with one attached hydrogen (secondary N) is 1. The Kier molecular flexibility index (Phi) is 6.92. The molecule has 1 saturated heterocycles. The number of thioether (sulfide) groups is 2. The predicted octanol–water partition coefficient (Wildman–Crippen LogP) is 0.163. The number of ketones is 1. The van der Waals surface area contributed by atoms with Gasteiger partial charge in [-0.15, -0.1) is 11.8 Å². The number of hydrogen-bond donors (Lipinski definition) is 3. The Hall–Kier alpha value is -1.97. The average Bonchev–Trinajstić information content (AvgIpc) is 3.23. The van der Waals surface area contributed by atoms with Crippen LogP contribution < -0.4 is 5.32 Å². The van der Waals surface area contributed by atoms with E-state index in [4.69, 9.17) is 5.21 Å². The molecule has 2 aliphatic rings. The molecule has 1 aromatic heterocycles. The zero-order chi connectivity index (χ0) is 21.1. The smallest absolute Gasteiger partial charge is 0.352 e. The first-order valence-electron chi connectivity index (χ1n) is 7.80. The zero-order valence-electron chi connectivity index (χ0n) is 14.3. The van der Waals surface area contributed by atoms with Gasteiger partial charge in [0.2, 0.25) is 11.5 Å². The maximum atomic E-state index is 12.6. The lowest BCUT2D eigenvalue weighted by molar-refractivity contribution is -0.150. The number of aliphatic carboxylic acids is 1. The van der Waals surface area contributed by atoms with E-state index >= 15 is 0 Å². The Morgan fingerprint density at radius 1 is 1.45 bits per heavy atom. The highest BCUT2D eigenvalue weighted by Crippen LogP contribution is 2.41. The number of rotatable bonds is 8. The molecule has 11 nitrogen and oxygen atoms in total. The molecule has 0 spiro atoms. The second-order valence-electron chi connectivity index (χ2n) is 5.62. The molecule has 2 amide bonds. The first-order chi connectivity index (χ1) is 13.9. The summed E-state index contributed by atoms with van der Waals surface area (Å²) in [5.74, 6) is -2.95. The second kappa shape index (κ2) is 9.23. The molecule has 154 valence electrons. The molecule has 29 heavy (non-hydrogen) atoms. The fourth-order valence-corrected chi connectivity index (χ4v) is 5.86. The molecule has 0 saturated carbocycles. The number of hydrogen-bond acceptors (Lipinski definition) is 11. The van der Waals surface area contributed by atoms with Crippen molar-refractivity contribution < 1.29 is 29.5 Å². The maximum absolute atomic E-state index is 12.6. The van der Waals surface area contributed by atoms with Crippen molar-refractivity contribution in [3.8, 4) is 0 Å². The molecule has 15 heteroatoms. The topological polar surface area (TPSA) is 162 Å². The molecule has 1 fully saturated rings. The van der Waals surface area contributed by atoms with E-state index in [0.717, 1.165) is 4.90 Å². The molecular weight excluding hydrogens is 510 g/mol. The SMILES string of the molecule is O=C(O)C1=C(CSc2ncns2)CS[C@H]2C(NC(=O)C(=NO)C(=O)CBr)C(=O)N12. The molecule has 3 heterocycles. The van der Waals surface area contributed by atoms with Crippen molar-refractivity contribution in [1.82, 2.24) is 19.6 Å². The largest absolute Gasteiger partial charge is 0.477 e. The molecule has 1 aromatic rings. The van der Waals surface area contributed by atoms with Gasteiger partial charge in [0.15, 0.2) is 4.34 Å². The summed E-state index contributed by atoms with van der Waals surface area (Å²) in [6.07, 6.45) is 1.40. The number of halogens is 1. The molecule has 0 aliphatic carbocycles. The number of carboxylic acids is 1. The van der Waals surface area contributed by atoms with Crippen LogP contribution in [0.4, 0.5) is 0 Å². The molecule has 3 N–H and O–H groups in total. The van der Waals surface area contributed by atoms with E-state index in [-0.39, 0.29) is 11.0 Å². The van der Waals surface area contributed by atoms with Crippen LogP contribution in [-0.2, 0) is 19.2 Å². The summed E-state index contributed by atoms with van der Waals surface area (Å²) < 4.78 is 4.56. The second-order valence-corrected chi connectivity index (χ2v) is 9.29. The van der Waals surface area contributed by atoms with Crippen LogP contribution in [-0.4, -0.2) is 82.1 Å². The van der Waals surface area contributed by atoms with Gasteiger partial charge in [0.1, 0.15) is 23.4 Å². The first-order valence-corrected chi connectivity index (χ1v) is 11.7. The van der Waals surface area contributed by atoms with Crippen LogP contribution >= 0.6 is 51.0 Å². The molecule has 2 aliphatic heterocycles. The number of Topliss-reactive ketones (excluding diaryl/α,β-unsaturated/α-hetero) is 1. The van der Waals surface area contributed by atoms with E-state index in [2.05, 4.69) is 35.8 Å². The Balaban J connectivity index is 1.74. The lowest BCUT2D eigenvalue weighted by Crippen LogP contribution is -2.71. The van der Waals surface area contributed by atoms with Gasteiger partial charge in [-0.05, 0) is 17.1 Å². The van der Waals surface area contributed by atoms with E-state index in [0.29, 0.717) is 21.4 Å². The maximum Gasteiger partial charge on any atom is 0.352 e. The first kappa shape index (κ1) is 21.7. The van der Waals surface area contributed by atoms with Gasteiger partial charge in [0.05, 0.1) is 5.33 Å². The predicted molar refractivity (Wildman–Crippen MR) is 108 cm³/mol. The summed E-state index contributed by atoms with van der Waals surface area (Å²) in [4.78, 5) is 53.2. The highest BCUT2D eigenvalue weighted by molar-refractivity contribution is 9.09. The van der Waals surface area contributed by atoms with Crippen molar-refractivity contribution >= 4 is 80.3 Å². The van der Waals surface area contributed by atoms with Crippen molar-refractivity contribution in [2.24, 2.45) is 5.16 Å². The third kappa shape index (κ3) is 4.31. The minimum Gasteiger partial charge on any atom is -0.477 e. The summed E-state index contributed by atoms with van der Waals surface area (Å²) in [6, 6.07) is -1.03. The normalized spacial score (nSPS) is 21.5. The number of amides is 2. The van der Waals surface area contributed by atoms with Crippen LogP contribution in [0.25, 0.3) is 0 Å². The van der Waals surface area contributed by atoms with Gasteiger partial charge in [0.25, 0.3) is 11.8 Å². The highest BCUT2D eigenvalue weighted by Gasteiger charge is 2.54. The van der Waals surface area contributed by atoms with E-state index in [1.54, 1.807) is 0 Å². The summed E-state index contributed by atoms with van der Waals surface area (Å²) in [7, 11) is 0. The molecule has 0 bridgehead atoms. The molecule has 3 rings (SSSR count). The number of aromatic nitrogens is 2. The third-order valence-electron chi connectivity index (χ3n) is 3.95. The lowest BCUT2D eigenvalue weighted by Gasteiger charge is -2.49. The molecule has 0 radical (unpaired) electrons. The van der Waals surface area contributed by atoms with Gasteiger partial charge in [-0.1, -0.05) is 32.8 Å². The van der Waals surface area contributed by atoms with Crippen molar-refractivity contribution in [3.05, 3.63) is 17.6 Å². The van der Waals surface area contributed by atoms with Gasteiger partial charge in [-0.25, -0.2) is 9.78 Å². The minimum absolute atomic E-state index is 0.117. The standard InChI is InChI=1S/C14H12BrN5O6S3/c15-1-6(21)7(19-26)10(22)18-8-11(23)20-9(13(24)25)5(2-27-12(8)20)3-28-14-16-4-17-29-14/h4,8,12,26H,1-3H2,(H,18,22)(H,24,25)/t8?,12-/m0/s1. The summed E-state index contributed by atoms with van der Waals surface area (Å²) in [5, 5.41) is 22.7. The van der Waals surface area contributed by atoms with Gasteiger partial charge in [-0.2, -0.15) is 4.37 Å². The van der Waals surface area contributed by atoms with Crippen molar-refractivity contribution in [2.45, 2.75) is 15.8 Å². The minimum atomic E-state index is -1.24. The summed E-state index contributed by atoms with van der Waals surface area (Å²) in [5.41, 5.74) is -0.296. The number of oxime groups is 1. The highest BCUT2D eigenvalue weighted by atomic mass is 79.9. The Morgan fingerprint density at radius 3 is 2.79 bits per heavy atom. The Bertz CT molecular complexity index is 921. The number of carboxylic acid groups (broad SMARTS) is 1. The summed E-state index contributed by atoms with van der Waals surface area (Å²) >= 11 is 6.67.